The molecule has 0 saturated carbocycles. The highest BCUT2D eigenvalue weighted by Crippen LogP contribution is 2.30. The predicted octanol–water partition coefficient (Wildman–Crippen LogP) is 5.47. The summed E-state index contributed by atoms with van der Waals surface area (Å²) >= 11 is 12.3. The van der Waals surface area contributed by atoms with Crippen LogP contribution in [-0.4, -0.2) is 36.8 Å². The molecule has 30 heavy (non-hydrogen) atoms. The Hall–Kier alpha value is -1.63. The lowest BCUT2D eigenvalue weighted by Gasteiger charge is -2.35. The molecule has 1 aliphatic heterocycles. The van der Waals surface area contributed by atoms with Crippen LogP contribution in [0, 0.1) is 6.92 Å². The number of piperidine rings is 1. The highest BCUT2D eigenvalue weighted by Gasteiger charge is 2.28. The standard InChI is InChI=1S/C22H26Cl2N2O3S/c1-3-7-17-9-4-5-11-26(17)22(27)20-10-6-8-16(25-20)14-30(28,29)21-13-18(23)15(2)12-19(21)24/h6,8,10,12-13,17H,3-5,7,9,11,14H2,1-2H3. The van der Waals surface area contributed by atoms with Crippen LogP contribution >= 0.6 is 23.2 Å². The number of likely N-dealkylation sites (tertiary alicyclic amines) is 1. The molecule has 1 aromatic carbocycles. The van der Waals surface area contributed by atoms with Gasteiger partial charge in [-0.1, -0.05) is 42.6 Å². The molecule has 1 amide bonds. The molecule has 5 nitrogen and oxygen atoms in total. The van der Waals surface area contributed by atoms with Crippen LogP contribution in [0.5, 0.6) is 0 Å². The molecular weight excluding hydrogens is 443 g/mol. The van der Waals surface area contributed by atoms with E-state index in [1.165, 1.54) is 12.1 Å². The minimum atomic E-state index is -3.77. The fraction of sp³-hybridized carbons (Fsp3) is 0.455. The fourth-order valence-corrected chi connectivity index (χ4v) is 6.02. The third-order valence-electron chi connectivity index (χ3n) is 5.42. The summed E-state index contributed by atoms with van der Waals surface area (Å²) in [5.74, 6) is -0.491. The van der Waals surface area contributed by atoms with Crippen molar-refractivity contribution in [2.45, 2.75) is 62.6 Å². The van der Waals surface area contributed by atoms with Gasteiger partial charge in [0.25, 0.3) is 5.91 Å². The van der Waals surface area contributed by atoms with E-state index in [2.05, 4.69) is 11.9 Å². The van der Waals surface area contributed by atoms with Crippen molar-refractivity contribution in [3.63, 3.8) is 0 Å². The van der Waals surface area contributed by atoms with E-state index in [9.17, 15) is 13.2 Å². The Morgan fingerprint density at radius 2 is 1.97 bits per heavy atom. The highest BCUT2D eigenvalue weighted by molar-refractivity contribution is 7.90. The van der Waals surface area contributed by atoms with Crippen molar-refractivity contribution in [1.82, 2.24) is 9.88 Å². The molecule has 1 saturated heterocycles. The predicted molar refractivity (Wildman–Crippen MR) is 120 cm³/mol. The highest BCUT2D eigenvalue weighted by atomic mass is 35.5. The Balaban J connectivity index is 1.85. The zero-order chi connectivity index (χ0) is 21.9. The topological polar surface area (TPSA) is 67.3 Å². The van der Waals surface area contributed by atoms with Gasteiger partial charge in [-0.05, 0) is 62.4 Å². The monoisotopic (exact) mass is 468 g/mol. The number of nitrogens with zero attached hydrogens (tertiary/aromatic N) is 2. The average molecular weight is 469 g/mol. The van der Waals surface area contributed by atoms with Crippen molar-refractivity contribution in [1.29, 1.82) is 0 Å². The van der Waals surface area contributed by atoms with Gasteiger partial charge in [-0.3, -0.25) is 4.79 Å². The maximum absolute atomic E-state index is 13.1. The summed E-state index contributed by atoms with van der Waals surface area (Å²) in [5, 5.41) is 0.460. The summed E-state index contributed by atoms with van der Waals surface area (Å²) in [6.07, 6.45) is 5.08. The molecule has 0 aliphatic carbocycles. The van der Waals surface area contributed by atoms with E-state index < -0.39 is 9.84 Å². The van der Waals surface area contributed by atoms with Crippen LogP contribution in [0.25, 0.3) is 0 Å². The molecular formula is C22H26Cl2N2O3S. The Bertz CT molecular complexity index is 1040. The Labute approximate surface area is 188 Å². The van der Waals surface area contributed by atoms with Crippen LogP contribution in [0.1, 0.15) is 60.8 Å². The first-order valence-electron chi connectivity index (χ1n) is 10.2. The van der Waals surface area contributed by atoms with E-state index >= 15 is 0 Å². The van der Waals surface area contributed by atoms with Crippen molar-refractivity contribution in [2.75, 3.05) is 6.54 Å². The minimum absolute atomic E-state index is 0.0302. The molecule has 0 spiro atoms. The summed E-state index contributed by atoms with van der Waals surface area (Å²) in [6, 6.07) is 8.05. The molecule has 1 fully saturated rings. The second-order valence-electron chi connectivity index (χ2n) is 7.74. The molecule has 162 valence electrons. The number of aromatic nitrogens is 1. The summed E-state index contributed by atoms with van der Waals surface area (Å²) < 4.78 is 25.9. The number of carbonyl (C=O) groups excluding carboxylic acids is 1. The van der Waals surface area contributed by atoms with Gasteiger partial charge in [0.1, 0.15) is 5.69 Å². The fourth-order valence-electron chi connectivity index (χ4n) is 3.87. The third-order valence-corrected chi connectivity index (χ3v) is 7.94. The van der Waals surface area contributed by atoms with Crippen molar-refractivity contribution < 1.29 is 13.2 Å². The second-order valence-corrected chi connectivity index (χ2v) is 10.5. The van der Waals surface area contributed by atoms with Crippen LogP contribution in [0.2, 0.25) is 10.0 Å². The smallest absolute Gasteiger partial charge is 0.272 e. The molecule has 1 aromatic heterocycles. The number of hydrogen-bond acceptors (Lipinski definition) is 4. The SMILES string of the molecule is CCCC1CCCCN1C(=O)c1cccc(CS(=O)(=O)c2cc(Cl)c(C)cc2Cl)n1. The molecule has 0 radical (unpaired) electrons. The molecule has 8 heteroatoms. The van der Waals surface area contributed by atoms with Crippen molar-refractivity contribution >= 4 is 38.9 Å². The second kappa shape index (κ2) is 9.67. The number of rotatable bonds is 6. The maximum Gasteiger partial charge on any atom is 0.272 e. The lowest BCUT2D eigenvalue weighted by atomic mass is 9.98. The largest absolute Gasteiger partial charge is 0.334 e. The van der Waals surface area contributed by atoms with E-state index in [4.69, 9.17) is 23.2 Å². The van der Waals surface area contributed by atoms with Crippen molar-refractivity contribution in [3.05, 3.63) is 57.3 Å². The third kappa shape index (κ3) is 5.16. The molecule has 3 rings (SSSR count). The number of carbonyl (C=O) groups is 1. The quantitative estimate of drug-likeness (QED) is 0.563. The van der Waals surface area contributed by atoms with Gasteiger partial charge in [-0.2, -0.15) is 0 Å². The van der Waals surface area contributed by atoms with E-state index in [0.717, 1.165) is 32.1 Å². The molecule has 1 aliphatic rings. The van der Waals surface area contributed by atoms with Gasteiger partial charge in [0.2, 0.25) is 0 Å². The van der Waals surface area contributed by atoms with E-state index in [0.29, 0.717) is 22.8 Å². The van der Waals surface area contributed by atoms with E-state index in [1.54, 1.807) is 25.1 Å². The number of aryl methyl sites for hydroxylation is 1. The Morgan fingerprint density at radius 1 is 1.20 bits per heavy atom. The number of hydrogen-bond donors (Lipinski definition) is 0. The summed E-state index contributed by atoms with van der Waals surface area (Å²) in [5.41, 5.74) is 1.28. The van der Waals surface area contributed by atoms with Gasteiger partial charge in [0.15, 0.2) is 9.84 Å². The van der Waals surface area contributed by atoms with Gasteiger partial charge in [0.05, 0.1) is 21.4 Å². The van der Waals surface area contributed by atoms with E-state index in [-0.39, 0.29) is 33.3 Å². The van der Waals surface area contributed by atoms with Crippen molar-refractivity contribution in [3.8, 4) is 0 Å². The van der Waals surface area contributed by atoms with Crippen LogP contribution < -0.4 is 0 Å². The Morgan fingerprint density at radius 3 is 2.70 bits per heavy atom. The first-order chi connectivity index (χ1) is 14.2. The molecule has 2 heterocycles. The summed E-state index contributed by atoms with van der Waals surface area (Å²) in [6.45, 7) is 4.59. The maximum atomic E-state index is 13.1. The molecule has 0 bridgehead atoms. The van der Waals surface area contributed by atoms with Crippen molar-refractivity contribution in [2.24, 2.45) is 0 Å². The first-order valence-corrected chi connectivity index (χ1v) is 12.6. The molecule has 2 aromatic rings. The van der Waals surface area contributed by atoms with Gasteiger partial charge >= 0.3 is 0 Å². The van der Waals surface area contributed by atoms with Crippen LogP contribution in [0.15, 0.2) is 35.2 Å². The van der Waals surface area contributed by atoms with Crippen LogP contribution in [0.3, 0.4) is 0 Å². The zero-order valence-electron chi connectivity index (χ0n) is 17.2. The van der Waals surface area contributed by atoms with Gasteiger partial charge < -0.3 is 4.90 Å². The lowest BCUT2D eigenvalue weighted by Crippen LogP contribution is -2.44. The van der Waals surface area contributed by atoms with Gasteiger partial charge in [-0.15, -0.1) is 0 Å². The number of halogens is 2. The van der Waals surface area contributed by atoms with Crippen LogP contribution in [-0.2, 0) is 15.6 Å². The number of amides is 1. The first kappa shape index (κ1) is 23.0. The zero-order valence-corrected chi connectivity index (χ0v) is 19.5. The lowest BCUT2D eigenvalue weighted by molar-refractivity contribution is 0.0594. The molecule has 1 atom stereocenters. The van der Waals surface area contributed by atoms with Gasteiger partial charge in [0, 0.05) is 17.6 Å². The summed E-state index contributed by atoms with van der Waals surface area (Å²) in [4.78, 5) is 19.3. The number of sulfone groups is 1. The summed E-state index contributed by atoms with van der Waals surface area (Å²) in [7, 11) is -3.77. The minimum Gasteiger partial charge on any atom is -0.334 e. The normalized spacial score (nSPS) is 17.2. The van der Waals surface area contributed by atoms with Gasteiger partial charge in [-0.25, -0.2) is 13.4 Å². The molecule has 1 unspecified atom stereocenters. The molecule has 0 N–H and O–H groups in total. The van der Waals surface area contributed by atoms with Crippen LogP contribution in [0.4, 0.5) is 0 Å². The van der Waals surface area contributed by atoms with E-state index in [1.807, 2.05) is 4.90 Å². The number of benzene rings is 1. The number of pyridine rings is 1. The Kier molecular flexibility index (Phi) is 7.43. The average Bonchev–Trinajstić information content (AvgIpc) is 2.70.